The molecule has 0 bridgehead atoms. The van der Waals surface area contributed by atoms with Gasteiger partial charge in [-0.05, 0) is 25.0 Å². The molecule has 164 valence electrons. The molecular weight excluding hydrogens is 396 g/mol. The molecule has 4 rings (SSSR count). The van der Waals surface area contributed by atoms with Crippen molar-refractivity contribution in [3.05, 3.63) is 60.9 Å². The molecule has 1 aromatic heterocycles. The van der Waals surface area contributed by atoms with Crippen LogP contribution in [0.4, 0.5) is 0 Å². The lowest BCUT2D eigenvalue weighted by Gasteiger charge is -2.45. The maximum Gasteiger partial charge on any atom is 0.311 e. The monoisotopic (exact) mass is 424 g/mol. The lowest BCUT2D eigenvalue weighted by atomic mass is 9.77. The number of aromatic nitrogens is 2. The van der Waals surface area contributed by atoms with E-state index in [0.717, 1.165) is 30.9 Å². The normalized spacial score (nSPS) is 20.9. The van der Waals surface area contributed by atoms with Crippen LogP contribution < -0.4 is 0 Å². The van der Waals surface area contributed by atoms with Gasteiger partial charge in [0.05, 0.1) is 37.1 Å². The third kappa shape index (κ3) is 4.13. The standard InChI is InChI=1S/C23H28N4O4/c1-3-13-31-27-21(28)14-20(22(29)30-2)23(27)9-11-25(12-10-23)16-18-15-24-26(17-18)19-7-5-4-6-8-19/h3-8,15,17,20H,1,9-14,16H2,2H3. The van der Waals surface area contributed by atoms with Crippen molar-refractivity contribution < 1.29 is 19.2 Å². The Bertz CT molecular complexity index is 934. The molecule has 8 nitrogen and oxygen atoms in total. The van der Waals surface area contributed by atoms with Crippen molar-refractivity contribution in [2.75, 3.05) is 26.8 Å². The van der Waals surface area contributed by atoms with Crippen LogP contribution in [0.3, 0.4) is 0 Å². The minimum absolute atomic E-state index is 0.119. The van der Waals surface area contributed by atoms with E-state index < -0.39 is 11.5 Å². The van der Waals surface area contributed by atoms with E-state index in [1.165, 1.54) is 12.2 Å². The number of rotatable bonds is 7. The molecule has 1 spiro atoms. The molecule has 2 fully saturated rings. The summed E-state index contributed by atoms with van der Waals surface area (Å²) in [5.41, 5.74) is 1.47. The highest BCUT2D eigenvalue weighted by molar-refractivity contribution is 5.88. The second-order valence-corrected chi connectivity index (χ2v) is 8.06. The van der Waals surface area contributed by atoms with Gasteiger partial charge < -0.3 is 4.74 Å². The first-order chi connectivity index (χ1) is 15.1. The number of piperidine rings is 1. The first-order valence-corrected chi connectivity index (χ1v) is 10.5. The van der Waals surface area contributed by atoms with Gasteiger partial charge >= 0.3 is 5.97 Å². The summed E-state index contributed by atoms with van der Waals surface area (Å²) in [7, 11) is 1.37. The van der Waals surface area contributed by atoms with Crippen molar-refractivity contribution in [1.82, 2.24) is 19.7 Å². The Labute approximate surface area is 182 Å². The number of methoxy groups -OCH3 is 1. The minimum Gasteiger partial charge on any atom is -0.469 e. The number of hydrogen-bond acceptors (Lipinski definition) is 6. The summed E-state index contributed by atoms with van der Waals surface area (Å²) < 4.78 is 6.88. The predicted octanol–water partition coefficient (Wildman–Crippen LogP) is 2.35. The highest BCUT2D eigenvalue weighted by Gasteiger charge is 2.58. The number of ether oxygens (including phenoxy) is 1. The number of para-hydroxylation sites is 1. The number of hydrogen-bond donors (Lipinski definition) is 0. The van der Waals surface area contributed by atoms with E-state index in [1.54, 1.807) is 6.08 Å². The van der Waals surface area contributed by atoms with Crippen LogP contribution in [-0.2, 0) is 25.7 Å². The highest BCUT2D eigenvalue weighted by atomic mass is 16.7. The van der Waals surface area contributed by atoms with Crippen LogP contribution in [0, 0.1) is 5.92 Å². The van der Waals surface area contributed by atoms with Crippen molar-refractivity contribution in [2.24, 2.45) is 5.92 Å². The van der Waals surface area contributed by atoms with E-state index in [4.69, 9.17) is 9.57 Å². The second-order valence-electron chi connectivity index (χ2n) is 8.06. The van der Waals surface area contributed by atoms with Gasteiger partial charge in [0.2, 0.25) is 5.91 Å². The molecule has 3 heterocycles. The number of esters is 1. The molecule has 1 amide bonds. The van der Waals surface area contributed by atoms with Crippen LogP contribution >= 0.6 is 0 Å². The largest absolute Gasteiger partial charge is 0.469 e. The number of likely N-dealkylation sites (tertiary alicyclic amines) is 1. The Balaban J connectivity index is 1.45. The second kappa shape index (κ2) is 9.03. The molecule has 1 aromatic carbocycles. The third-order valence-electron chi connectivity index (χ3n) is 6.25. The van der Waals surface area contributed by atoms with E-state index in [0.29, 0.717) is 12.8 Å². The molecule has 0 radical (unpaired) electrons. The summed E-state index contributed by atoms with van der Waals surface area (Å²) in [6.07, 6.45) is 6.92. The zero-order chi connectivity index (χ0) is 21.8. The van der Waals surface area contributed by atoms with E-state index >= 15 is 0 Å². The van der Waals surface area contributed by atoms with Gasteiger partial charge in [0.1, 0.15) is 0 Å². The SMILES string of the molecule is C=CCON1C(=O)CC(C(=O)OC)C12CCN(Cc1cnn(-c3ccccc3)c1)CC2. The van der Waals surface area contributed by atoms with Crippen LogP contribution in [0.5, 0.6) is 0 Å². The third-order valence-corrected chi connectivity index (χ3v) is 6.25. The van der Waals surface area contributed by atoms with Gasteiger partial charge in [0.15, 0.2) is 0 Å². The van der Waals surface area contributed by atoms with E-state index in [-0.39, 0.29) is 24.9 Å². The summed E-state index contributed by atoms with van der Waals surface area (Å²) in [5, 5.41) is 5.90. The topological polar surface area (TPSA) is 76.9 Å². The Hall–Kier alpha value is -2.97. The van der Waals surface area contributed by atoms with E-state index in [9.17, 15) is 9.59 Å². The maximum absolute atomic E-state index is 12.6. The smallest absolute Gasteiger partial charge is 0.311 e. The average Bonchev–Trinajstić information content (AvgIpc) is 3.37. The first kappa shape index (κ1) is 21.3. The zero-order valence-electron chi connectivity index (χ0n) is 17.8. The Morgan fingerprint density at radius 2 is 2.03 bits per heavy atom. The summed E-state index contributed by atoms with van der Waals surface area (Å²) in [4.78, 5) is 33.1. The van der Waals surface area contributed by atoms with Crippen LogP contribution in [0.1, 0.15) is 24.8 Å². The summed E-state index contributed by atoms with van der Waals surface area (Å²) in [6.45, 7) is 6.13. The predicted molar refractivity (Wildman–Crippen MR) is 114 cm³/mol. The Morgan fingerprint density at radius 3 is 2.71 bits per heavy atom. The van der Waals surface area contributed by atoms with Gasteiger partial charge in [-0.25, -0.2) is 9.75 Å². The van der Waals surface area contributed by atoms with Gasteiger partial charge in [0.25, 0.3) is 0 Å². The molecule has 2 aliphatic rings. The van der Waals surface area contributed by atoms with E-state index in [1.807, 2.05) is 47.4 Å². The molecule has 0 aliphatic carbocycles. The molecular formula is C23H28N4O4. The van der Waals surface area contributed by atoms with Crippen molar-refractivity contribution >= 4 is 11.9 Å². The van der Waals surface area contributed by atoms with Gasteiger partial charge in [-0.2, -0.15) is 5.10 Å². The summed E-state index contributed by atoms with van der Waals surface area (Å²) >= 11 is 0. The molecule has 0 N–H and O–H groups in total. The number of benzene rings is 1. The molecule has 8 heteroatoms. The van der Waals surface area contributed by atoms with Crippen LogP contribution in [-0.4, -0.2) is 64.0 Å². The van der Waals surface area contributed by atoms with Crippen molar-refractivity contribution in [2.45, 2.75) is 31.3 Å². The zero-order valence-corrected chi connectivity index (χ0v) is 17.8. The number of carbonyl (C=O) groups is 2. The molecule has 2 aromatic rings. The Morgan fingerprint density at radius 1 is 1.29 bits per heavy atom. The lowest BCUT2D eigenvalue weighted by molar-refractivity contribution is -0.218. The summed E-state index contributed by atoms with van der Waals surface area (Å²) in [6, 6.07) is 9.99. The fraction of sp³-hybridized carbons (Fsp3) is 0.435. The molecule has 0 saturated carbocycles. The van der Waals surface area contributed by atoms with Crippen molar-refractivity contribution in [1.29, 1.82) is 0 Å². The number of nitrogens with zero attached hydrogens (tertiary/aromatic N) is 4. The molecule has 31 heavy (non-hydrogen) atoms. The average molecular weight is 425 g/mol. The fourth-order valence-electron chi connectivity index (χ4n) is 4.68. The van der Waals surface area contributed by atoms with Crippen LogP contribution in [0.2, 0.25) is 0 Å². The highest BCUT2D eigenvalue weighted by Crippen LogP contribution is 2.44. The molecule has 1 atom stereocenters. The van der Waals surface area contributed by atoms with Gasteiger partial charge in [0, 0.05) is 37.8 Å². The quantitative estimate of drug-likeness (QED) is 0.502. The minimum atomic E-state index is -0.669. The van der Waals surface area contributed by atoms with Crippen molar-refractivity contribution in [3.63, 3.8) is 0 Å². The molecule has 2 saturated heterocycles. The van der Waals surface area contributed by atoms with Gasteiger partial charge in [-0.3, -0.25) is 19.3 Å². The molecule has 1 unspecified atom stereocenters. The van der Waals surface area contributed by atoms with Crippen molar-refractivity contribution in [3.8, 4) is 5.69 Å². The molecule has 2 aliphatic heterocycles. The maximum atomic E-state index is 12.6. The number of amides is 1. The summed E-state index contributed by atoms with van der Waals surface area (Å²) in [5.74, 6) is -1.04. The van der Waals surface area contributed by atoms with Gasteiger partial charge in [-0.15, -0.1) is 6.58 Å². The Kier molecular flexibility index (Phi) is 6.20. The van der Waals surface area contributed by atoms with Crippen LogP contribution in [0.25, 0.3) is 5.69 Å². The van der Waals surface area contributed by atoms with Crippen LogP contribution in [0.15, 0.2) is 55.4 Å². The number of carbonyl (C=O) groups excluding carboxylic acids is 2. The fourth-order valence-corrected chi connectivity index (χ4v) is 4.68. The number of hydroxylamine groups is 2. The lowest BCUT2D eigenvalue weighted by Crippen LogP contribution is -2.57. The van der Waals surface area contributed by atoms with E-state index in [2.05, 4.69) is 16.6 Å². The first-order valence-electron chi connectivity index (χ1n) is 10.5. The van der Waals surface area contributed by atoms with Gasteiger partial charge in [-0.1, -0.05) is 24.3 Å².